The first kappa shape index (κ1) is 60.1. The van der Waals surface area contributed by atoms with Gasteiger partial charge in [0.2, 0.25) is 19.7 Å². The zero-order valence-electron chi connectivity index (χ0n) is 155. The van der Waals surface area contributed by atoms with Gasteiger partial charge in [0.1, 0.15) is 74.5 Å². The van der Waals surface area contributed by atoms with E-state index in [-0.39, 0.29) is 64.7 Å². The number of nitrogens with one attached hydrogen (secondary N) is 5. The summed E-state index contributed by atoms with van der Waals surface area (Å²) in [6.45, 7) is 20.9. The molecular weight excluding hydrogens is 1850 g/mol. The zero-order valence-corrected chi connectivity index (χ0v) is 80.3. The van der Waals surface area contributed by atoms with Crippen molar-refractivity contribution in [3.8, 4) is 40.8 Å². The fourth-order valence-electron chi connectivity index (χ4n) is 18.5. The molecule has 40 heteroatoms. The van der Waals surface area contributed by atoms with E-state index >= 15 is 8.78 Å². The van der Waals surface area contributed by atoms with Crippen molar-refractivity contribution in [2.45, 2.75) is 102 Å². The van der Waals surface area contributed by atoms with E-state index in [1.807, 2.05) is 36.4 Å². The van der Waals surface area contributed by atoms with E-state index in [0.29, 0.717) is 125 Å². The SMILES string of the molecule is C.CC1[C@H]2CN(c3nc(Oc4cnc5cccnc5c4)nc4[nH]c5c(N(C)C(=O)OC(C)(C)C)cc(F)cc5c34)C[C@@H]12.CC1[C@H]2CNC[C@@H]12.CNc1cc(F)cc2c1[nH]c1nc(Oc3cnc4cccnc4c3)nc(N3C[C@@H]4C(N)[C@@H]4C3)c12.COc1ccc(CS(=O)(=O)c2nc(S(=O)(=O)Cc3ccc(OC)cc3)c3c(n2)[nH]c2c(N(C)C(=O)OC(C)(C)C)cc(F)cc23)cc1.Oc1cnc2cccnc2c1.[2H][2H].[2H][2H].[2H][2H].[2H][2H].[2H][2H].[2H][2H].[2H][2H].[2H][2H].[2H][2H].[2H][2H].[2H][2H].[2H][2H].[2H][2H].[2H][2H].[2H][2H].[2H][2H].[2H][2H].[2H][2H].[2H][2H].[2H][2H].[2H][2H].[2H][2H].[2H][2H].[2H][2H].[2H][2H].[2H][2H].[2H][2H].[2H][2H].[2H][2H].[2H][2H].[2H][2H].[2H][2H].[2H][2H].[2H][2H].[2H][2H].[2H][2H].[2H][2H].[2H][2H]. The predicted molar refractivity (Wildman–Crippen MR) is 613 cm³/mol. The van der Waals surface area contributed by atoms with Crippen LogP contribution < -0.4 is 54.9 Å². The van der Waals surface area contributed by atoms with Crippen LogP contribution in [0.2, 0.25) is 0 Å². The van der Waals surface area contributed by atoms with Crippen molar-refractivity contribution in [1.29, 1.82) is 0 Å². The molecule has 9 atom stereocenters. The van der Waals surface area contributed by atoms with Gasteiger partial charge in [0.15, 0.2) is 16.5 Å². The van der Waals surface area contributed by atoms with Crippen LogP contribution in [-0.4, -0.2) is 201 Å². The first-order valence-corrected chi connectivity index (χ1v) is 48.8. The monoisotopic (exact) mass is 2110 g/mol. The van der Waals surface area contributed by atoms with Crippen LogP contribution in [0, 0.1) is 64.8 Å². The van der Waals surface area contributed by atoms with Crippen molar-refractivity contribution < 1.29 is 186 Å². The first-order chi connectivity index (χ1) is 105. The summed E-state index contributed by atoms with van der Waals surface area (Å²) in [5, 5.41) is 16.7. The molecule has 6 fully saturated rings. The molecule has 3 aliphatic heterocycles. The number of methoxy groups -OCH3 is 2. The second-order valence-corrected chi connectivity index (χ2v) is 41.5. The van der Waals surface area contributed by atoms with Gasteiger partial charge in [0.05, 0.1) is 127 Å². The second-order valence-electron chi connectivity index (χ2n) is 37.7. The molecule has 17 aromatic rings. The number of aromatic hydroxyl groups is 1. The Morgan fingerprint density at radius 2 is 0.908 bits per heavy atom. The highest BCUT2D eigenvalue weighted by atomic mass is 32.2. The van der Waals surface area contributed by atoms with Crippen LogP contribution >= 0.6 is 0 Å². The summed E-state index contributed by atoms with van der Waals surface area (Å²) in [5.41, 5.74) is 13.1. The lowest BCUT2D eigenvalue weighted by atomic mass is 10.1. The number of amides is 2. The summed E-state index contributed by atoms with van der Waals surface area (Å²) in [4.78, 5) is 95.1. The maximum absolute atomic E-state index is 15.2. The number of aromatic amines is 3. The van der Waals surface area contributed by atoms with E-state index in [4.69, 9.17) is 162 Å². The fraction of sp³-hybridized carbons (Fsp3) is 0.327. The third-order valence-electron chi connectivity index (χ3n) is 26.0. The number of sulfone groups is 2. The molecule has 0 radical (unpaired) electrons. The molecule has 12 aromatic heterocycles. The van der Waals surface area contributed by atoms with Gasteiger partial charge in [-0.2, -0.15) is 19.9 Å². The normalized spacial score (nSPS) is 20.9. The van der Waals surface area contributed by atoms with E-state index in [1.165, 1.54) is 69.7 Å². The molecule has 3 aliphatic carbocycles. The number of carbonyl (C=O) groups excluding carboxylic acids is 2. The summed E-state index contributed by atoms with van der Waals surface area (Å²) in [6.07, 6.45) is 8.32. The van der Waals surface area contributed by atoms with Crippen molar-refractivity contribution in [2.24, 2.45) is 53.1 Å². The molecule has 3 unspecified atom stereocenters. The number of benzene rings is 5. The van der Waals surface area contributed by atoms with Gasteiger partial charge in [-0.15, -0.1) is 0 Å². The molecule has 0 bridgehead atoms. The number of fused-ring (bicyclic) bond motifs is 15. The Hall–Kier alpha value is -15.0. The molecule has 23 rings (SSSR count). The molecule has 3 saturated heterocycles. The first-order valence-electron chi connectivity index (χ1n) is 83.5. The second kappa shape index (κ2) is 37.9. The Bertz CT molecular complexity index is 8140. The lowest BCUT2D eigenvalue weighted by molar-refractivity contribution is 0.0579. The molecule has 6 aliphatic rings. The van der Waals surface area contributed by atoms with Crippen LogP contribution in [0.25, 0.3) is 98.9 Å². The van der Waals surface area contributed by atoms with Gasteiger partial charge in [-0.05, 0) is 210 Å². The van der Waals surface area contributed by atoms with Crippen LogP contribution in [0.4, 0.5) is 51.5 Å². The fourth-order valence-corrected chi connectivity index (χ4v) is 21.3. The van der Waals surface area contributed by atoms with Crippen LogP contribution in [0.3, 0.4) is 0 Å². The zero-order chi connectivity index (χ0) is 174. The van der Waals surface area contributed by atoms with Crippen molar-refractivity contribution in [3.05, 3.63) is 205 Å². The number of nitrogens with zero attached hydrogens (tertiary/aromatic N) is 16. The molecule has 141 heavy (non-hydrogen) atoms. The predicted octanol–water partition coefficient (Wildman–Crippen LogP) is 26.9. The number of hydrogen-bond donors (Lipinski definition) is 7. The number of piperidine rings is 3. The minimum absolute atomic E-state index is 0. The number of H-pyrrole nitrogens is 3. The van der Waals surface area contributed by atoms with Crippen molar-refractivity contribution in [3.63, 3.8) is 0 Å². The molecule has 8 N–H and O–H groups in total. The number of halogens is 3. The van der Waals surface area contributed by atoms with Crippen molar-refractivity contribution in [2.75, 3.05) is 99.5 Å². The quantitative estimate of drug-likeness (QED) is 0.0329. The van der Waals surface area contributed by atoms with Gasteiger partial charge >= 0.3 is 24.2 Å². The number of ether oxygens (including phenoxy) is 6. The van der Waals surface area contributed by atoms with Gasteiger partial charge in [0.25, 0.3) is 5.16 Å². The average Bonchev–Trinajstić information content (AvgIpc) is 1.57. The Labute approximate surface area is 925 Å². The highest BCUT2D eigenvalue weighted by molar-refractivity contribution is 7.91. The molecule has 2 amide bonds. The van der Waals surface area contributed by atoms with Crippen LogP contribution in [0.15, 0.2) is 187 Å². The Morgan fingerprint density at radius 3 is 1.35 bits per heavy atom. The Kier molecular flexibility index (Phi) is 16.2. The van der Waals surface area contributed by atoms with Crippen LogP contribution in [0.5, 0.6) is 40.8 Å². The molecule has 3 saturated carbocycles. The summed E-state index contributed by atoms with van der Waals surface area (Å²) in [6, 6.07) is 37.3. The van der Waals surface area contributed by atoms with Gasteiger partial charge in [-0.25, -0.2) is 49.6 Å². The minimum Gasteiger partial charge on any atom is -0.506 e. The number of hydrogen-bond acceptors (Lipinski definition) is 30. The number of nitrogens with two attached hydrogens (primary N) is 1. The number of aromatic nitrogens is 15. The Balaban J connectivity index is -0.000000109. The Morgan fingerprint density at radius 1 is 0.504 bits per heavy atom. The minimum atomic E-state index is -4.39. The molecule has 5 aromatic carbocycles. The van der Waals surface area contributed by atoms with E-state index in [9.17, 15) is 30.8 Å². The molecular formula is C101H181F3N22O13S2. The molecule has 35 nitrogen and oxygen atoms in total. The lowest BCUT2D eigenvalue weighted by Crippen LogP contribution is -2.34. The summed E-state index contributed by atoms with van der Waals surface area (Å²) >= 11 is 0. The highest BCUT2D eigenvalue weighted by Gasteiger charge is 2.55. The van der Waals surface area contributed by atoms with Crippen LogP contribution in [0.1, 0.15) is 187 Å². The van der Waals surface area contributed by atoms with Crippen molar-refractivity contribution >= 4 is 159 Å². The number of anilines is 5. The van der Waals surface area contributed by atoms with Gasteiger partial charge in [-0.1, -0.05) is 45.5 Å². The van der Waals surface area contributed by atoms with E-state index < -0.39 is 76.4 Å². The van der Waals surface area contributed by atoms with E-state index in [2.05, 4.69) is 99.1 Å². The number of pyridine rings is 6. The number of rotatable bonds is 17. The third kappa shape index (κ3) is 20.1. The van der Waals surface area contributed by atoms with Gasteiger partial charge < -0.3 is 74.6 Å². The third-order valence-corrected chi connectivity index (χ3v) is 29.1. The van der Waals surface area contributed by atoms with Crippen LogP contribution in [-0.2, 0) is 40.7 Å². The summed E-state index contributed by atoms with van der Waals surface area (Å²) in [5.74, 6) is 6.80. The average molecular weight is 2110 g/mol. The smallest absolute Gasteiger partial charge is 0.414 e. The maximum Gasteiger partial charge on any atom is 0.414 e. The van der Waals surface area contributed by atoms with Gasteiger partial charge in [0, 0.05) is 219 Å². The largest absolute Gasteiger partial charge is 0.506 e. The number of carbonyl (C=O) groups is 2. The van der Waals surface area contributed by atoms with Crippen molar-refractivity contribution in [1.82, 2.24) is 80.1 Å². The highest BCUT2D eigenvalue weighted by Crippen LogP contribution is 2.54. The lowest BCUT2D eigenvalue weighted by Gasteiger charge is -2.25. The van der Waals surface area contributed by atoms with E-state index in [1.54, 1.807) is 153 Å². The van der Waals surface area contributed by atoms with E-state index in [0.717, 1.165) is 99.3 Å². The molecule has 0 spiro atoms. The molecule has 806 valence electrons. The summed E-state index contributed by atoms with van der Waals surface area (Å²) < 4.78 is 514. The summed E-state index contributed by atoms with van der Waals surface area (Å²) in [7, 11) is -1.07. The van der Waals surface area contributed by atoms with Gasteiger partial charge in [-0.3, -0.25) is 39.7 Å². The maximum atomic E-state index is 15.2. The topological polar surface area (TPSA) is 443 Å². The standard InChI is InChI=1S/C32H33FN4O8S2.C30H30FN7O3.C24H21FN8O.C8H6N2O.C6H11N.CH4.38H2/c1-32(2,3)45-31(38)37(4)25-16-21(33)15-24-26-28(34-27(24)25)35-30(47(41,42)18-20-9-13-23(44-6)14-10-20)36-29(26)46(39,40)17-19-7-11-22(43-5)12-8-19;1-15-19-13-38(14-20(15)19)27-24-18-9-16(31)10-23(37(5)29(39)41-30(2,3)4)25(18)34-26(24)35-28(36-27)40-17-11-22-21(33-12-17)7-6-8-32-22;1-27-18-6-11(25)5-13-19-22(30-21(13)18)31-24(32-23(19)33-9-14-15(10-33)20(14)26)34-12-7-17-16(29-8-12)3-2-4-28-17;11-6-4-8-7(10-5-6)2-1-3-9-8;1-4-5-2-7-3-6(4)5;;;;;;;;;;;;;;;;;;;;;;;;;;;;;;;;;;;;;;;/h7-16H,17-18H2,1-6H3,(H,34,35,36);6-12,15,19-20H,13-14H2,1-5H3,(H,34,35,36);2-8,14-15,20,27H,9-10,26H2,1H3,(H,30,31,32);1-5,11H;4-7H,2-3H2,1H3;1H4;38*1H/t;15?,19-,20+;14-,15+,20?;;4?,5-,6+;;;;;;;;;;;;;;;;;;;;;;;;;;;;;;;;;;;;;;;/i;;;;;;38*1+1D. The molecule has 15 heterocycles.